The summed E-state index contributed by atoms with van der Waals surface area (Å²) in [5, 5.41) is 1.03. The summed E-state index contributed by atoms with van der Waals surface area (Å²) >= 11 is 7.38. The predicted molar refractivity (Wildman–Crippen MR) is 73.0 cm³/mol. The smallest absolute Gasteiger partial charge is 0.169 e. The lowest BCUT2D eigenvalue weighted by Gasteiger charge is -2.36. The van der Waals surface area contributed by atoms with Crippen LogP contribution in [0.15, 0.2) is 10.5 Å². The predicted octanol–water partition coefficient (Wildman–Crippen LogP) is 3.63. The van der Waals surface area contributed by atoms with Crippen molar-refractivity contribution < 1.29 is 4.79 Å². The Kier molecular flexibility index (Phi) is 3.89. The van der Waals surface area contributed by atoms with Crippen LogP contribution < -0.4 is 0 Å². The molecule has 2 aliphatic rings. The number of carbonyl (C=O) groups is 1. The zero-order valence-electron chi connectivity index (χ0n) is 8.85. The third kappa shape index (κ3) is 2.18. The minimum atomic E-state index is 0.260. The van der Waals surface area contributed by atoms with E-state index in [1.807, 2.05) is 0 Å². The van der Waals surface area contributed by atoms with E-state index in [0.717, 1.165) is 35.3 Å². The molecule has 1 aliphatic heterocycles. The largest absolute Gasteiger partial charge is 0.294 e. The zero-order chi connectivity index (χ0) is 10.9. The average molecular weight is 307 g/mol. The van der Waals surface area contributed by atoms with Crippen LogP contribution in [0.1, 0.15) is 26.2 Å². The van der Waals surface area contributed by atoms with Gasteiger partial charge in [0, 0.05) is 28.0 Å². The van der Waals surface area contributed by atoms with E-state index in [9.17, 15) is 4.79 Å². The van der Waals surface area contributed by atoms with Gasteiger partial charge in [0.05, 0.1) is 4.91 Å². The fraction of sp³-hybridized carbons (Fsp3) is 0.727. The van der Waals surface area contributed by atoms with Gasteiger partial charge in [0.15, 0.2) is 5.78 Å². The van der Waals surface area contributed by atoms with Crippen LogP contribution >= 0.6 is 39.5 Å². The summed E-state index contributed by atoms with van der Waals surface area (Å²) in [6.45, 7) is 2.17. The third-order valence-electron chi connectivity index (χ3n) is 3.24. The van der Waals surface area contributed by atoms with Gasteiger partial charge in [-0.15, -0.1) is 23.5 Å². The Labute approximate surface area is 108 Å². The Bertz CT molecular complexity index is 314. The fourth-order valence-electron chi connectivity index (χ4n) is 2.32. The number of ketones is 1. The molecule has 1 atom stereocenters. The fourth-order valence-corrected chi connectivity index (χ4v) is 6.07. The lowest BCUT2D eigenvalue weighted by atomic mass is 9.85. The number of allylic oxidation sites excluding steroid dienone is 1. The van der Waals surface area contributed by atoms with Gasteiger partial charge in [-0.1, -0.05) is 15.9 Å². The highest BCUT2D eigenvalue weighted by molar-refractivity contribution is 9.09. The van der Waals surface area contributed by atoms with Crippen molar-refractivity contribution in [3.05, 3.63) is 10.5 Å². The molecule has 0 saturated heterocycles. The molecule has 0 N–H and O–H groups in total. The number of alkyl halides is 1. The molecule has 1 heterocycles. The summed E-state index contributed by atoms with van der Waals surface area (Å²) in [5.74, 6) is 2.64. The highest BCUT2D eigenvalue weighted by atomic mass is 79.9. The molecule has 0 radical (unpaired) electrons. The molecular weight excluding hydrogens is 292 g/mol. The maximum atomic E-state index is 11.8. The van der Waals surface area contributed by atoms with E-state index in [-0.39, 0.29) is 4.75 Å². The van der Waals surface area contributed by atoms with Gasteiger partial charge in [0.2, 0.25) is 0 Å². The lowest BCUT2D eigenvalue weighted by molar-refractivity contribution is -0.115. The van der Waals surface area contributed by atoms with Crippen molar-refractivity contribution in [2.75, 3.05) is 16.8 Å². The number of halogens is 1. The topological polar surface area (TPSA) is 17.1 Å². The van der Waals surface area contributed by atoms with E-state index in [1.165, 1.54) is 11.3 Å². The molecule has 1 nitrogen and oxygen atoms in total. The van der Waals surface area contributed by atoms with E-state index in [1.54, 1.807) is 11.8 Å². The van der Waals surface area contributed by atoms with E-state index in [4.69, 9.17) is 0 Å². The SMILES string of the molecule is CC1=C2SCCSC1(CCBr)CCC2=O. The summed E-state index contributed by atoms with van der Waals surface area (Å²) in [4.78, 5) is 12.9. The number of thioether (sulfide) groups is 2. The molecule has 0 aromatic heterocycles. The minimum absolute atomic E-state index is 0.260. The molecule has 2 bridgehead atoms. The number of carbonyl (C=O) groups excluding carboxylic acids is 1. The Morgan fingerprint density at radius 3 is 3.00 bits per heavy atom. The van der Waals surface area contributed by atoms with Crippen molar-refractivity contribution in [2.45, 2.75) is 30.9 Å². The van der Waals surface area contributed by atoms with Gasteiger partial charge in [-0.3, -0.25) is 4.79 Å². The monoisotopic (exact) mass is 306 g/mol. The first-order valence-corrected chi connectivity index (χ1v) is 8.36. The van der Waals surface area contributed by atoms with Crippen LogP contribution in [0.4, 0.5) is 0 Å². The summed E-state index contributed by atoms with van der Waals surface area (Å²) < 4.78 is 0.260. The van der Waals surface area contributed by atoms with Gasteiger partial charge in [0.1, 0.15) is 0 Å². The van der Waals surface area contributed by atoms with Crippen molar-refractivity contribution >= 4 is 45.2 Å². The first-order chi connectivity index (χ1) is 7.19. The molecule has 15 heavy (non-hydrogen) atoms. The van der Waals surface area contributed by atoms with Crippen LogP contribution in [0.5, 0.6) is 0 Å². The van der Waals surface area contributed by atoms with E-state index in [0.29, 0.717) is 5.78 Å². The Morgan fingerprint density at radius 1 is 1.47 bits per heavy atom. The van der Waals surface area contributed by atoms with Crippen LogP contribution in [-0.4, -0.2) is 27.4 Å². The van der Waals surface area contributed by atoms with Crippen molar-refractivity contribution in [1.29, 1.82) is 0 Å². The van der Waals surface area contributed by atoms with Crippen molar-refractivity contribution in [3.63, 3.8) is 0 Å². The molecule has 1 unspecified atom stereocenters. The average Bonchev–Trinajstić information content (AvgIpc) is 2.31. The molecule has 0 amide bonds. The van der Waals surface area contributed by atoms with Gasteiger partial charge in [-0.2, -0.15) is 0 Å². The summed E-state index contributed by atoms with van der Waals surface area (Å²) in [5.41, 5.74) is 1.35. The number of hydrogen-bond donors (Lipinski definition) is 0. The lowest BCUT2D eigenvalue weighted by Crippen LogP contribution is -2.33. The quantitative estimate of drug-likeness (QED) is 0.725. The Morgan fingerprint density at radius 2 is 2.27 bits per heavy atom. The zero-order valence-corrected chi connectivity index (χ0v) is 12.1. The second-order valence-electron chi connectivity index (χ2n) is 4.01. The molecule has 0 aromatic rings. The molecule has 2 rings (SSSR count). The maximum Gasteiger partial charge on any atom is 0.169 e. The first kappa shape index (κ1) is 12.1. The second-order valence-corrected chi connectivity index (χ2v) is 7.38. The van der Waals surface area contributed by atoms with Crippen LogP contribution in [0.3, 0.4) is 0 Å². The Balaban J connectivity index is 2.39. The van der Waals surface area contributed by atoms with Crippen molar-refractivity contribution in [1.82, 2.24) is 0 Å². The molecule has 0 fully saturated rings. The number of rotatable bonds is 2. The van der Waals surface area contributed by atoms with Crippen molar-refractivity contribution in [3.8, 4) is 0 Å². The minimum Gasteiger partial charge on any atom is -0.294 e. The second kappa shape index (κ2) is 4.84. The van der Waals surface area contributed by atoms with Crippen LogP contribution in [0.2, 0.25) is 0 Å². The van der Waals surface area contributed by atoms with E-state index >= 15 is 0 Å². The molecule has 4 heteroatoms. The van der Waals surface area contributed by atoms with E-state index < -0.39 is 0 Å². The van der Waals surface area contributed by atoms with Crippen molar-refractivity contribution in [2.24, 2.45) is 0 Å². The number of Topliss-reactive ketones (excluding diaryl/α,β-unsaturated/α-hetero) is 1. The van der Waals surface area contributed by atoms with Crippen LogP contribution in [-0.2, 0) is 4.79 Å². The standard InChI is InChI=1S/C11H15BrOS2/c1-8-10-9(13)2-3-11(8,4-5-12)15-7-6-14-10/h2-7H2,1H3. The van der Waals surface area contributed by atoms with Gasteiger partial charge in [-0.05, 0) is 25.3 Å². The Hall–Kier alpha value is 0.590. The molecule has 1 aliphatic carbocycles. The third-order valence-corrected chi connectivity index (χ3v) is 6.80. The number of fused-ring (bicyclic) bond motifs is 1. The van der Waals surface area contributed by atoms with E-state index in [2.05, 4.69) is 34.6 Å². The molecule has 0 spiro atoms. The number of hydrogen-bond acceptors (Lipinski definition) is 3. The highest BCUT2D eigenvalue weighted by Crippen LogP contribution is 2.50. The molecule has 0 saturated carbocycles. The molecule has 84 valence electrons. The summed E-state index contributed by atoms with van der Waals surface area (Å²) in [6, 6.07) is 0. The van der Waals surface area contributed by atoms with Gasteiger partial charge >= 0.3 is 0 Å². The maximum absolute atomic E-state index is 11.8. The van der Waals surface area contributed by atoms with Crippen LogP contribution in [0, 0.1) is 0 Å². The van der Waals surface area contributed by atoms with Gasteiger partial charge in [-0.25, -0.2) is 0 Å². The molecule has 0 aromatic carbocycles. The van der Waals surface area contributed by atoms with Gasteiger partial charge < -0.3 is 0 Å². The summed E-state index contributed by atoms with van der Waals surface area (Å²) in [6.07, 6.45) is 2.94. The molecular formula is C11H15BrOS2. The summed E-state index contributed by atoms with van der Waals surface area (Å²) in [7, 11) is 0. The first-order valence-electron chi connectivity index (χ1n) is 5.27. The van der Waals surface area contributed by atoms with Gasteiger partial charge in [0.25, 0.3) is 0 Å². The normalized spacial score (nSPS) is 31.7. The van der Waals surface area contributed by atoms with Crippen LogP contribution in [0.25, 0.3) is 0 Å². The highest BCUT2D eigenvalue weighted by Gasteiger charge is 2.40.